The maximum absolute atomic E-state index is 12.9. The molecule has 2 aromatic carbocycles. The predicted octanol–water partition coefficient (Wildman–Crippen LogP) is 5.09. The number of hydrogen-bond acceptors (Lipinski definition) is 6. The minimum absolute atomic E-state index is 0.0339. The highest BCUT2D eigenvalue weighted by atomic mass is 16.5. The highest BCUT2D eigenvalue weighted by Gasteiger charge is 2.38. The van der Waals surface area contributed by atoms with Crippen LogP contribution in [-0.4, -0.2) is 38.5 Å². The number of benzene rings is 2. The molecule has 2 aromatic heterocycles. The van der Waals surface area contributed by atoms with Crippen LogP contribution in [0.15, 0.2) is 65.6 Å². The Labute approximate surface area is 233 Å². The number of ether oxygens (including phenoxy) is 1. The summed E-state index contributed by atoms with van der Waals surface area (Å²) < 4.78 is 6.81. The molecule has 5 rings (SSSR count). The lowest BCUT2D eigenvalue weighted by atomic mass is 9.70. The standard InChI is InChI=1S/C32H34N4O4/c1-19-23(24-9-7-11-27(20(24)2)34-29(37)26-14-15-33-36(4)31(26)38)8-6-10-25(19)28-13-12-22(30(35-28)40-5)16-21-17-32(3,39)18-21/h6-15,21,39H,16-18H2,1-5H3,(H,34,37). The zero-order chi connectivity index (χ0) is 28.6. The number of anilines is 1. The summed E-state index contributed by atoms with van der Waals surface area (Å²) in [5.41, 5.74) is 6.43. The molecule has 0 atom stereocenters. The number of carbonyl (C=O) groups excluding carboxylic acids is 1. The normalized spacial score (nSPS) is 18.2. The van der Waals surface area contributed by atoms with Crippen LogP contribution in [0.25, 0.3) is 22.4 Å². The molecule has 1 aliphatic rings. The third kappa shape index (κ3) is 5.27. The summed E-state index contributed by atoms with van der Waals surface area (Å²) >= 11 is 0. The van der Waals surface area contributed by atoms with E-state index in [-0.39, 0.29) is 5.56 Å². The third-order valence-corrected chi connectivity index (χ3v) is 7.83. The van der Waals surface area contributed by atoms with Crippen molar-refractivity contribution in [1.82, 2.24) is 14.8 Å². The lowest BCUT2D eigenvalue weighted by Gasteiger charge is -2.41. The fourth-order valence-electron chi connectivity index (χ4n) is 5.73. The van der Waals surface area contributed by atoms with Crippen molar-refractivity contribution in [2.24, 2.45) is 13.0 Å². The van der Waals surface area contributed by atoms with Crippen molar-refractivity contribution >= 4 is 11.6 Å². The van der Waals surface area contributed by atoms with Crippen LogP contribution in [0.4, 0.5) is 5.69 Å². The van der Waals surface area contributed by atoms with E-state index in [4.69, 9.17) is 9.72 Å². The number of pyridine rings is 1. The molecule has 0 spiro atoms. The Hall–Kier alpha value is -4.30. The summed E-state index contributed by atoms with van der Waals surface area (Å²) in [5, 5.41) is 16.9. The number of amides is 1. The van der Waals surface area contributed by atoms with Crippen LogP contribution in [0, 0.1) is 19.8 Å². The Morgan fingerprint density at radius 3 is 2.42 bits per heavy atom. The number of rotatable bonds is 7. The fourth-order valence-corrected chi connectivity index (χ4v) is 5.73. The van der Waals surface area contributed by atoms with E-state index in [1.165, 1.54) is 19.3 Å². The van der Waals surface area contributed by atoms with Gasteiger partial charge in [-0.15, -0.1) is 0 Å². The van der Waals surface area contributed by atoms with Crippen LogP contribution in [-0.2, 0) is 13.5 Å². The molecule has 40 heavy (non-hydrogen) atoms. The first-order valence-corrected chi connectivity index (χ1v) is 13.4. The maximum atomic E-state index is 12.9. The van der Waals surface area contributed by atoms with Gasteiger partial charge in [-0.25, -0.2) is 9.67 Å². The van der Waals surface area contributed by atoms with Crippen molar-refractivity contribution in [3.8, 4) is 28.3 Å². The second-order valence-corrected chi connectivity index (χ2v) is 10.9. The average Bonchev–Trinajstić information content (AvgIpc) is 2.91. The largest absolute Gasteiger partial charge is 0.481 e. The second kappa shape index (κ2) is 10.7. The van der Waals surface area contributed by atoms with Gasteiger partial charge in [-0.05, 0) is 86.4 Å². The molecule has 2 N–H and O–H groups in total. The van der Waals surface area contributed by atoms with Gasteiger partial charge in [0.2, 0.25) is 5.88 Å². The molecule has 0 unspecified atom stereocenters. The van der Waals surface area contributed by atoms with Gasteiger partial charge in [-0.1, -0.05) is 36.4 Å². The average molecular weight is 539 g/mol. The molecular weight excluding hydrogens is 504 g/mol. The molecule has 4 aromatic rings. The van der Waals surface area contributed by atoms with Gasteiger partial charge in [0.1, 0.15) is 5.56 Å². The van der Waals surface area contributed by atoms with Crippen LogP contribution in [0.5, 0.6) is 5.88 Å². The first-order valence-electron chi connectivity index (χ1n) is 13.4. The predicted molar refractivity (Wildman–Crippen MR) is 156 cm³/mol. The second-order valence-electron chi connectivity index (χ2n) is 10.9. The van der Waals surface area contributed by atoms with Gasteiger partial charge < -0.3 is 15.2 Å². The molecule has 1 saturated carbocycles. The van der Waals surface area contributed by atoms with Gasteiger partial charge in [-0.2, -0.15) is 5.10 Å². The molecule has 8 heteroatoms. The van der Waals surface area contributed by atoms with Crippen molar-refractivity contribution in [2.45, 2.75) is 45.6 Å². The minimum atomic E-state index is -0.558. The van der Waals surface area contributed by atoms with Gasteiger partial charge in [0, 0.05) is 30.1 Å². The number of aliphatic hydroxyl groups is 1. The van der Waals surface area contributed by atoms with E-state index in [0.717, 1.165) is 63.0 Å². The molecule has 0 bridgehead atoms. The number of aryl methyl sites for hydroxylation is 1. The summed E-state index contributed by atoms with van der Waals surface area (Å²) in [4.78, 5) is 30.1. The molecule has 8 nitrogen and oxygen atoms in total. The highest BCUT2D eigenvalue weighted by Crippen LogP contribution is 2.41. The van der Waals surface area contributed by atoms with Crippen molar-refractivity contribution in [2.75, 3.05) is 12.4 Å². The summed E-state index contributed by atoms with van der Waals surface area (Å²) in [6, 6.07) is 17.4. The quantitative estimate of drug-likeness (QED) is 0.340. The first kappa shape index (κ1) is 27.3. The Morgan fingerprint density at radius 1 is 1.05 bits per heavy atom. The van der Waals surface area contributed by atoms with Crippen molar-refractivity contribution in [3.63, 3.8) is 0 Å². The van der Waals surface area contributed by atoms with E-state index < -0.39 is 17.1 Å². The van der Waals surface area contributed by atoms with Gasteiger partial charge in [0.15, 0.2) is 0 Å². The molecule has 0 saturated heterocycles. The molecule has 206 valence electrons. The monoisotopic (exact) mass is 538 g/mol. The van der Waals surface area contributed by atoms with E-state index in [9.17, 15) is 14.7 Å². The molecule has 2 heterocycles. The number of aromatic nitrogens is 3. The Balaban J connectivity index is 1.44. The topological polar surface area (TPSA) is 106 Å². The zero-order valence-electron chi connectivity index (χ0n) is 23.5. The fraction of sp³-hybridized carbons (Fsp3) is 0.312. The van der Waals surface area contributed by atoms with E-state index in [1.807, 2.05) is 50.2 Å². The zero-order valence-corrected chi connectivity index (χ0v) is 23.5. The van der Waals surface area contributed by atoms with Crippen molar-refractivity contribution in [1.29, 1.82) is 0 Å². The number of methoxy groups -OCH3 is 1. The van der Waals surface area contributed by atoms with Gasteiger partial charge in [0.05, 0.1) is 18.4 Å². The van der Waals surface area contributed by atoms with Gasteiger partial charge in [0.25, 0.3) is 11.5 Å². The lowest BCUT2D eigenvalue weighted by Crippen LogP contribution is -2.41. The SMILES string of the molecule is COc1nc(-c2cccc(-c3cccc(NC(=O)c4ccnn(C)c4=O)c3C)c2C)ccc1CC1CC(C)(O)C1. The lowest BCUT2D eigenvalue weighted by molar-refractivity contribution is -0.0566. The summed E-state index contributed by atoms with van der Waals surface area (Å²) in [6.07, 6.45) is 3.84. The number of carbonyl (C=O) groups is 1. The first-order chi connectivity index (χ1) is 19.1. The van der Waals surface area contributed by atoms with Gasteiger partial charge in [-0.3, -0.25) is 9.59 Å². The van der Waals surface area contributed by atoms with Crippen molar-refractivity contribution < 1.29 is 14.6 Å². The van der Waals surface area contributed by atoms with E-state index in [2.05, 4.69) is 29.5 Å². The van der Waals surface area contributed by atoms with E-state index in [1.54, 1.807) is 7.11 Å². The maximum Gasteiger partial charge on any atom is 0.279 e. The third-order valence-electron chi connectivity index (χ3n) is 7.83. The van der Waals surface area contributed by atoms with Crippen LogP contribution < -0.4 is 15.6 Å². The minimum Gasteiger partial charge on any atom is -0.481 e. The molecule has 1 amide bonds. The Morgan fingerprint density at radius 2 is 1.73 bits per heavy atom. The number of hydrogen-bond donors (Lipinski definition) is 2. The number of nitrogens with zero attached hydrogens (tertiary/aromatic N) is 3. The smallest absolute Gasteiger partial charge is 0.279 e. The Bertz CT molecular complexity index is 1650. The molecule has 1 aliphatic carbocycles. The van der Waals surface area contributed by atoms with Crippen LogP contribution in [0.3, 0.4) is 0 Å². The molecular formula is C32H34N4O4. The summed E-state index contributed by atoms with van der Waals surface area (Å²) in [7, 11) is 3.15. The number of nitrogens with one attached hydrogen (secondary N) is 1. The summed E-state index contributed by atoms with van der Waals surface area (Å²) in [6.45, 7) is 5.90. The summed E-state index contributed by atoms with van der Waals surface area (Å²) in [5.74, 6) is 0.562. The molecule has 1 fully saturated rings. The molecule has 0 aliphatic heterocycles. The van der Waals surface area contributed by atoms with Crippen LogP contribution >= 0.6 is 0 Å². The Kier molecular flexibility index (Phi) is 7.29. The van der Waals surface area contributed by atoms with E-state index >= 15 is 0 Å². The van der Waals surface area contributed by atoms with E-state index in [0.29, 0.717) is 17.5 Å². The highest BCUT2D eigenvalue weighted by molar-refractivity contribution is 6.04. The van der Waals surface area contributed by atoms with Crippen molar-refractivity contribution in [3.05, 3.63) is 93.4 Å². The van der Waals surface area contributed by atoms with Gasteiger partial charge >= 0.3 is 0 Å². The molecule has 0 radical (unpaired) electrons. The van der Waals surface area contributed by atoms with Crippen LogP contribution in [0.2, 0.25) is 0 Å². The van der Waals surface area contributed by atoms with Crippen LogP contribution in [0.1, 0.15) is 46.8 Å².